The van der Waals surface area contributed by atoms with E-state index in [1.54, 1.807) is 0 Å². The lowest BCUT2D eigenvalue weighted by Crippen LogP contribution is -2.57. The Morgan fingerprint density at radius 2 is 2.28 bits per heavy atom. The summed E-state index contributed by atoms with van der Waals surface area (Å²) in [5.74, 6) is -0.491. The number of amides is 2. The van der Waals surface area contributed by atoms with Gasteiger partial charge >= 0.3 is 0 Å². The van der Waals surface area contributed by atoms with Crippen LogP contribution in [0.5, 0.6) is 0 Å². The predicted octanol–water partition coefficient (Wildman–Crippen LogP) is -0.879. The summed E-state index contributed by atoms with van der Waals surface area (Å²) in [4.78, 5) is 36.2. The van der Waals surface area contributed by atoms with Crippen LogP contribution in [0.3, 0.4) is 0 Å². The van der Waals surface area contributed by atoms with Crippen molar-refractivity contribution in [1.82, 2.24) is 20.4 Å². The molecule has 7 heteroatoms. The summed E-state index contributed by atoms with van der Waals surface area (Å²) in [5, 5.41) is 8.61. The third-order valence-corrected chi connectivity index (χ3v) is 2.88. The highest BCUT2D eigenvalue weighted by Gasteiger charge is 2.32. The summed E-state index contributed by atoms with van der Waals surface area (Å²) in [5.41, 5.74) is -0.224. The number of aromatic nitrogens is 2. The molecule has 96 valence electrons. The van der Waals surface area contributed by atoms with Crippen LogP contribution in [0.4, 0.5) is 0 Å². The Bertz CT molecular complexity index is 505. The van der Waals surface area contributed by atoms with E-state index in [9.17, 15) is 14.4 Å². The first-order valence-electron chi connectivity index (χ1n) is 5.78. The molecule has 18 heavy (non-hydrogen) atoms. The van der Waals surface area contributed by atoms with Crippen molar-refractivity contribution in [2.24, 2.45) is 0 Å². The number of nitrogens with one attached hydrogen (secondary N) is 2. The molecule has 1 aliphatic heterocycles. The molecular weight excluding hydrogens is 236 g/mol. The zero-order valence-electron chi connectivity index (χ0n) is 9.97. The van der Waals surface area contributed by atoms with Gasteiger partial charge in [-0.2, -0.15) is 5.10 Å². The number of aromatic amines is 1. The molecule has 1 aromatic heterocycles. The number of H-pyrrole nitrogens is 1. The number of rotatable bonds is 2. The largest absolute Gasteiger partial charge is 0.353 e. The number of hydrogen-bond acceptors (Lipinski definition) is 4. The standard InChI is InChI=1S/C11H14N4O3/c1-2-8-10(17)12-5-6-15(8)11(18)7-3-4-9(16)14-13-7/h3-4,8H,2,5-6H2,1H3,(H,12,17)(H,14,16). The second kappa shape index (κ2) is 4.99. The van der Waals surface area contributed by atoms with E-state index >= 15 is 0 Å². The van der Waals surface area contributed by atoms with Crippen molar-refractivity contribution < 1.29 is 9.59 Å². The fourth-order valence-electron chi connectivity index (χ4n) is 1.97. The van der Waals surface area contributed by atoms with Gasteiger partial charge in [0, 0.05) is 19.2 Å². The second-order valence-corrected chi connectivity index (χ2v) is 4.02. The van der Waals surface area contributed by atoms with Crippen LogP contribution in [-0.4, -0.2) is 46.0 Å². The molecule has 0 bridgehead atoms. The van der Waals surface area contributed by atoms with E-state index in [4.69, 9.17) is 0 Å². The van der Waals surface area contributed by atoms with E-state index in [1.165, 1.54) is 17.0 Å². The summed E-state index contributed by atoms with van der Waals surface area (Å²) in [6.07, 6.45) is 0.543. The van der Waals surface area contributed by atoms with Gasteiger partial charge in [0.25, 0.3) is 11.5 Å². The van der Waals surface area contributed by atoms with Crippen LogP contribution in [0.15, 0.2) is 16.9 Å². The normalized spacial score (nSPS) is 19.5. The van der Waals surface area contributed by atoms with Crippen LogP contribution in [0.2, 0.25) is 0 Å². The van der Waals surface area contributed by atoms with E-state index in [2.05, 4.69) is 15.5 Å². The SMILES string of the molecule is CCC1C(=O)NCCN1C(=O)c1ccc(=O)[nH]n1. The van der Waals surface area contributed by atoms with E-state index in [-0.39, 0.29) is 23.1 Å². The molecule has 1 aromatic rings. The predicted molar refractivity (Wildman–Crippen MR) is 63.0 cm³/mol. The number of hydrogen-bond donors (Lipinski definition) is 2. The first-order valence-corrected chi connectivity index (χ1v) is 5.78. The van der Waals surface area contributed by atoms with Gasteiger partial charge in [0.1, 0.15) is 11.7 Å². The Morgan fingerprint density at radius 1 is 1.50 bits per heavy atom. The zero-order chi connectivity index (χ0) is 13.1. The Morgan fingerprint density at radius 3 is 2.89 bits per heavy atom. The highest BCUT2D eigenvalue weighted by atomic mass is 16.2. The summed E-state index contributed by atoms with van der Waals surface area (Å²) in [6, 6.07) is 2.13. The maximum Gasteiger partial charge on any atom is 0.275 e. The fourth-order valence-corrected chi connectivity index (χ4v) is 1.97. The Labute approximate surface area is 103 Å². The zero-order valence-corrected chi connectivity index (χ0v) is 9.97. The quantitative estimate of drug-likeness (QED) is 0.712. The van der Waals surface area contributed by atoms with Crippen LogP contribution in [0.1, 0.15) is 23.8 Å². The molecule has 1 fully saturated rings. The van der Waals surface area contributed by atoms with Gasteiger partial charge in [-0.15, -0.1) is 0 Å². The molecule has 1 saturated heterocycles. The maximum atomic E-state index is 12.2. The lowest BCUT2D eigenvalue weighted by Gasteiger charge is -2.34. The average Bonchev–Trinajstić information content (AvgIpc) is 2.38. The number of piperazine rings is 1. The smallest absolute Gasteiger partial charge is 0.275 e. The van der Waals surface area contributed by atoms with E-state index in [1.807, 2.05) is 6.92 Å². The number of carbonyl (C=O) groups is 2. The summed E-state index contributed by atoms with van der Waals surface area (Å²) < 4.78 is 0. The molecule has 1 atom stereocenters. The van der Waals surface area contributed by atoms with Gasteiger partial charge in [-0.25, -0.2) is 5.10 Å². The lowest BCUT2D eigenvalue weighted by molar-refractivity contribution is -0.127. The molecule has 0 radical (unpaired) electrons. The van der Waals surface area contributed by atoms with Gasteiger partial charge < -0.3 is 10.2 Å². The molecule has 0 aliphatic carbocycles. The Balaban J connectivity index is 2.24. The molecule has 7 nitrogen and oxygen atoms in total. The monoisotopic (exact) mass is 250 g/mol. The number of nitrogens with zero attached hydrogens (tertiary/aromatic N) is 2. The van der Waals surface area contributed by atoms with Crippen LogP contribution >= 0.6 is 0 Å². The van der Waals surface area contributed by atoms with Gasteiger partial charge in [0.05, 0.1) is 0 Å². The van der Waals surface area contributed by atoms with Crippen LogP contribution in [0.25, 0.3) is 0 Å². The van der Waals surface area contributed by atoms with Crippen molar-refractivity contribution in [2.75, 3.05) is 13.1 Å². The van der Waals surface area contributed by atoms with E-state index in [0.717, 1.165) is 0 Å². The number of carbonyl (C=O) groups excluding carboxylic acids is 2. The molecule has 0 saturated carbocycles. The van der Waals surface area contributed by atoms with Crippen molar-refractivity contribution in [2.45, 2.75) is 19.4 Å². The molecular formula is C11H14N4O3. The maximum absolute atomic E-state index is 12.2. The topological polar surface area (TPSA) is 95.2 Å². The molecule has 2 amide bonds. The van der Waals surface area contributed by atoms with Gasteiger partial charge in [-0.1, -0.05) is 6.92 Å². The van der Waals surface area contributed by atoms with Crippen molar-refractivity contribution in [3.8, 4) is 0 Å². The second-order valence-electron chi connectivity index (χ2n) is 4.02. The fraction of sp³-hybridized carbons (Fsp3) is 0.455. The van der Waals surface area contributed by atoms with E-state index in [0.29, 0.717) is 19.5 Å². The minimum absolute atomic E-state index is 0.141. The van der Waals surface area contributed by atoms with Crippen LogP contribution in [0, 0.1) is 0 Å². The minimum atomic E-state index is -0.472. The average molecular weight is 250 g/mol. The molecule has 1 unspecified atom stereocenters. The Hall–Kier alpha value is -2.18. The Kier molecular flexibility index (Phi) is 3.40. The molecule has 0 spiro atoms. The van der Waals surface area contributed by atoms with Crippen molar-refractivity contribution in [3.05, 3.63) is 28.2 Å². The molecule has 2 heterocycles. The highest BCUT2D eigenvalue weighted by molar-refractivity contribution is 5.96. The molecule has 2 rings (SSSR count). The van der Waals surface area contributed by atoms with Crippen LogP contribution < -0.4 is 10.9 Å². The summed E-state index contributed by atoms with van der Waals surface area (Å²) >= 11 is 0. The van der Waals surface area contributed by atoms with Crippen molar-refractivity contribution in [1.29, 1.82) is 0 Å². The molecule has 1 aliphatic rings. The van der Waals surface area contributed by atoms with Gasteiger partial charge in [-0.05, 0) is 12.5 Å². The van der Waals surface area contributed by atoms with Crippen molar-refractivity contribution >= 4 is 11.8 Å². The summed E-state index contributed by atoms with van der Waals surface area (Å²) in [6.45, 7) is 2.73. The van der Waals surface area contributed by atoms with E-state index < -0.39 is 6.04 Å². The third kappa shape index (κ3) is 2.24. The van der Waals surface area contributed by atoms with Crippen molar-refractivity contribution in [3.63, 3.8) is 0 Å². The first kappa shape index (κ1) is 12.3. The van der Waals surface area contributed by atoms with Gasteiger partial charge in [0.2, 0.25) is 5.91 Å². The highest BCUT2D eigenvalue weighted by Crippen LogP contribution is 2.11. The van der Waals surface area contributed by atoms with Gasteiger partial charge in [0.15, 0.2) is 0 Å². The third-order valence-electron chi connectivity index (χ3n) is 2.88. The lowest BCUT2D eigenvalue weighted by atomic mass is 10.1. The van der Waals surface area contributed by atoms with Gasteiger partial charge in [-0.3, -0.25) is 14.4 Å². The minimum Gasteiger partial charge on any atom is -0.353 e. The summed E-state index contributed by atoms with van der Waals surface area (Å²) in [7, 11) is 0. The first-order chi connectivity index (χ1) is 8.63. The van der Waals surface area contributed by atoms with Crippen LogP contribution in [-0.2, 0) is 4.79 Å². The molecule has 0 aromatic carbocycles. The molecule has 2 N–H and O–H groups in total.